The fraction of sp³-hybridized carbons (Fsp3) is 0.750. The minimum Gasteiger partial charge on any atom is -0.373 e. The van der Waals surface area contributed by atoms with E-state index in [0.717, 1.165) is 44.5 Å². The molecule has 0 bridgehead atoms. The van der Waals surface area contributed by atoms with Gasteiger partial charge in [0, 0.05) is 12.6 Å². The number of hydrogen-bond donors (Lipinski definition) is 2. The molecule has 0 radical (unpaired) electrons. The maximum atomic E-state index is 12.2. The third-order valence-corrected chi connectivity index (χ3v) is 4.74. The number of nitrogens with zero attached hydrogens (tertiary/aromatic N) is 2. The number of ether oxygens (including phenoxy) is 1. The molecule has 6 nitrogen and oxygen atoms in total. The number of rotatable bonds is 5. The van der Waals surface area contributed by atoms with E-state index in [4.69, 9.17) is 4.74 Å². The largest absolute Gasteiger partial charge is 0.373 e. The first-order valence-electron chi connectivity index (χ1n) is 8.44. The lowest BCUT2D eigenvalue weighted by Crippen LogP contribution is -2.39. The lowest BCUT2D eigenvalue weighted by molar-refractivity contribution is 0.00998. The van der Waals surface area contributed by atoms with Gasteiger partial charge in [0.05, 0.1) is 24.4 Å². The van der Waals surface area contributed by atoms with E-state index < -0.39 is 0 Å². The Kier molecular flexibility index (Phi) is 4.66. The second-order valence-electron chi connectivity index (χ2n) is 6.49. The van der Waals surface area contributed by atoms with Gasteiger partial charge in [0.15, 0.2) is 0 Å². The van der Waals surface area contributed by atoms with E-state index in [1.54, 1.807) is 6.20 Å². The number of amides is 2. The Bertz CT molecular complexity index is 508. The van der Waals surface area contributed by atoms with Crippen LogP contribution in [0.1, 0.15) is 51.9 Å². The summed E-state index contributed by atoms with van der Waals surface area (Å²) in [6, 6.07) is 1.78. The summed E-state index contributed by atoms with van der Waals surface area (Å²) in [6.45, 7) is 3.60. The van der Waals surface area contributed by atoms with Crippen molar-refractivity contribution >= 4 is 11.8 Å². The number of unbranched alkanes of at least 4 members (excludes halogenated alkanes) is 1. The molecule has 1 aliphatic carbocycles. The fourth-order valence-electron chi connectivity index (χ4n) is 3.57. The van der Waals surface area contributed by atoms with Gasteiger partial charge in [-0.1, -0.05) is 26.2 Å². The van der Waals surface area contributed by atoms with E-state index in [2.05, 4.69) is 22.7 Å². The first-order valence-corrected chi connectivity index (χ1v) is 8.44. The zero-order chi connectivity index (χ0) is 15.4. The minimum absolute atomic E-state index is 0.0425. The molecular formula is C16H26N4O2. The maximum absolute atomic E-state index is 12.2. The summed E-state index contributed by atoms with van der Waals surface area (Å²) in [6.07, 6.45) is 9.58. The molecule has 0 unspecified atom stereocenters. The predicted molar refractivity (Wildman–Crippen MR) is 84.8 cm³/mol. The number of aromatic nitrogens is 2. The summed E-state index contributed by atoms with van der Waals surface area (Å²) in [5, 5.41) is 10.2. The van der Waals surface area contributed by atoms with Crippen LogP contribution in [0.15, 0.2) is 12.3 Å². The minimum atomic E-state index is -0.165. The summed E-state index contributed by atoms with van der Waals surface area (Å²) < 4.78 is 7.81. The molecule has 3 rings (SSSR count). The normalized spacial score (nSPS) is 23.0. The molecule has 2 heterocycles. The van der Waals surface area contributed by atoms with E-state index in [-0.39, 0.29) is 17.7 Å². The van der Waals surface area contributed by atoms with Crippen LogP contribution in [0.5, 0.6) is 0 Å². The topological polar surface area (TPSA) is 68.2 Å². The van der Waals surface area contributed by atoms with Crippen molar-refractivity contribution in [2.24, 2.45) is 0 Å². The number of hydrogen-bond acceptors (Lipinski definition) is 3. The van der Waals surface area contributed by atoms with Gasteiger partial charge in [0.2, 0.25) is 0 Å². The lowest BCUT2D eigenvalue weighted by Gasteiger charge is -2.21. The standard InChI is InChI=1S/C16H26N4O2/c1-2-3-10-20-14(6-9-17-20)19-15(21)18-13-11-16(22-12-13)7-4-5-8-16/h6,9,13H,2-5,7-8,10-12H2,1H3,(H2,18,19,21)/t13-/m1/s1. The molecular weight excluding hydrogens is 280 g/mol. The van der Waals surface area contributed by atoms with Crippen molar-refractivity contribution in [3.05, 3.63) is 12.3 Å². The molecule has 0 aromatic carbocycles. The molecule has 2 fully saturated rings. The fourth-order valence-corrected chi connectivity index (χ4v) is 3.57. The Morgan fingerprint density at radius 3 is 3.09 bits per heavy atom. The Hall–Kier alpha value is -1.56. The summed E-state index contributed by atoms with van der Waals surface area (Å²) in [5.41, 5.74) is 0.0425. The van der Waals surface area contributed by atoms with Crippen molar-refractivity contribution in [1.82, 2.24) is 15.1 Å². The lowest BCUT2D eigenvalue weighted by atomic mass is 9.96. The van der Waals surface area contributed by atoms with Gasteiger partial charge < -0.3 is 10.1 Å². The molecule has 122 valence electrons. The molecule has 1 aromatic rings. The van der Waals surface area contributed by atoms with Crippen molar-refractivity contribution in [1.29, 1.82) is 0 Å². The smallest absolute Gasteiger partial charge is 0.320 e. The third-order valence-electron chi connectivity index (χ3n) is 4.74. The molecule has 2 amide bonds. The van der Waals surface area contributed by atoms with E-state index in [1.165, 1.54) is 12.8 Å². The van der Waals surface area contributed by atoms with Gasteiger partial charge in [-0.05, 0) is 25.7 Å². The Labute approximate surface area is 131 Å². The molecule has 1 saturated carbocycles. The van der Waals surface area contributed by atoms with E-state index in [9.17, 15) is 4.79 Å². The molecule has 2 aliphatic rings. The second-order valence-corrected chi connectivity index (χ2v) is 6.49. The number of anilines is 1. The van der Waals surface area contributed by atoms with Gasteiger partial charge in [-0.2, -0.15) is 5.10 Å². The average Bonchev–Trinajstić information content (AvgIpc) is 3.21. The number of urea groups is 1. The predicted octanol–water partition coefficient (Wildman–Crippen LogP) is 2.91. The summed E-state index contributed by atoms with van der Waals surface area (Å²) >= 11 is 0. The molecule has 1 aliphatic heterocycles. The summed E-state index contributed by atoms with van der Waals surface area (Å²) in [7, 11) is 0. The molecule has 2 N–H and O–H groups in total. The Morgan fingerprint density at radius 1 is 1.50 bits per heavy atom. The van der Waals surface area contributed by atoms with Crippen LogP contribution in [0.2, 0.25) is 0 Å². The van der Waals surface area contributed by atoms with Crippen molar-refractivity contribution in [3.8, 4) is 0 Å². The van der Waals surface area contributed by atoms with Crippen LogP contribution in [0, 0.1) is 0 Å². The van der Waals surface area contributed by atoms with Crippen LogP contribution in [0.4, 0.5) is 10.6 Å². The van der Waals surface area contributed by atoms with Crippen LogP contribution >= 0.6 is 0 Å². The highest BCUT2D eigenvalue weighted by molar-refractivity contribution is 5.88. The summed E-state index contributed by atoms with van der Waals surface area (Å²) in [5.74, 6) is 0.750. The van der Waals surface area contributed by atoms with Gasteiger partial charge in [0.1, 0.15) is 5.82 Å². The first kappa shape index (κ1) is 15.3. The SMILES string of the molecule is CCCCn1nccc1NC(=O)N[C@H]1COC2(CCCC2)C1. The Balaban J connectivity index is 1.50. The molecule has 1 spiro atoms. The molecule has 1 saturated heterocycles. The van der Waals surface area contributed by atoms with Crippen LogP contribution in [-0.4, -0.2) is 34.1 Å². The highest BCUT2D eigenvalue weighted by atomic mass is 16.5. The van der Waals surface area contributed by atoms with Gasteiger partial charge in [-0.3, -0.25) is 5.32 Å². The van der Waals surface area contributed by atoms with Crippen LogP contribution in [0.25, 0.3) is 0 Å². The zero-order valence-electron chi connectivity index (χ0n) is 13.3. The van der Waals surface area contributed by atoms with Gasteiger partial charge in [-0.25, -0.2) is 9.48 Å². The van der Waals surface area contributed by atoms with Gasteiger partial charge in [-0.15, -0.1) is 0 Å². The molecule has 6 heteroatoms. The van der Waals surface area contributed by atoms with E-state index >= 15 is 0 Å². The monoisotopic (exact) mass is 306 g/mol. The van der Waals surface area contributed by atoms with Crippen molar-refractivity contribution in [3.63, 3.8) is 0 Å². The Morgan fingerprint density at radius 2 is 2.32 bits per heavy atom. The highest BCUT2D eigenvalue weighted by Gasteiger charge is 2.42. The van der Waals surface area contributed by atoms with Crippen molar-refractivity contribution in [2.75, 3.05) is 11.9 Å². The molecule has 1 aromatic heterocycles. The molecule has 22 heavy (non-hydrogen) atoms. The van der Waals surface area contributed by atoms with Gasteiger partial charge >= 0.3 is 6.03 Å². The molecule has 1 atom stereocenters. The van der Waals surface area contributed by atoms with Crippen LogP contribution in [-0.2, 0) is 11.3 Å². The maximum Gasteiger partial charge on any atom is 0.320 e. The third kappa shape index (κ3) is 3.43. The zero-order valence-corrected chi connectivity index (χ0v) is 13.3. The average molecular weight is 306 g/mol. The van der Waals surface area contributed by atoms with E-state index in [1.807, 2.05) is 10.7 Å². The second kappa shape index (κ2) is 6.69. The van der Waals surface area contributed by atoms with Crippen molar-refractivity contribution < 1.29 is 9.53 Å². The number of carbonyl (C=O) groups excluding carboxylic acids is 1. The number of carbonyl (C=O) groups is 1. The highest BCUT2D eigenvalue weighted by Crippen LogP contribution is 2.40. The quantitative estimate of drug-likeness (QED) is 0.879. The number of nitrogens with one attached hydrogen (secondary N) is 2. The van der Waals surface area contributed by atoms with Crippen LogP contribution < -0.4 is 10.6 Å². The summed E-state index contributed by atoms with van der Waals surface area (Å²) in [4.78, 5) is 12.2. The first-order chi connectivity index (χ1) is 10.7. The number of aryl methyl sites for hydroxylation is 1. The van der Waals surface area contributed by atoms with Crippen molar-refractivity contribution in [2.45, 2.75) is 70.1 Å². The van der Waals surface area contributed by atoms with Crippen LogP contribution in [0.3, 0.4) is 0 Å². The van der Waals surface area contributed by atoms with Gasteiger partial charge in [0.25, 0.3) is 0 Å². The van der Waals surface area contributed by atoms with E-state index in [0.29, 0.717) is 6.61 Å².